The molecule has 0 N–H and O–H groups in total. The van der Waals surface area contributed by atoms with E-state index in [4.69, 9.17) is 0 Å². The van der Waals surface area contributed by atoms with E-state index >= 15 is 0 Å². The molecule has 21 heavy (non-hydrogen) atoms. The number of thioether (sulfide) groups is 1. The summed E-state index contributed by atoms with van der Waals surface area (Å²) in [6, 6.07) is 0. The van der Waals surface area contributed by atoms with Crippen LogP contribution in [0.1, 0.15) is 40.5 Å². The van der Waals surface area contributed by atoms with Crippen LogP contribution in [0.15, 0.2) is 82.7 Å². The first-order chi connectivity index (χ1) is 10.0. The Balaban J connectivity index is 5.60. The van der Waals surface area contributed by atoms with Crippen molar-refractivity contribution in [1.29, 1.82) is 0 Å². The van der Waals surface area contributed by atoms with Crippen molar-refractivity contribution in [3.63, 3.8) is 0 Å². The summed E-state index contributed by atoms with van der Waals surface area (Å²) >= 11 is 1.73. The zero-order valence-electron chi connectivity index (χ0n) is 13.9. The van der Waals surface area contributed by atoms with Gasteiger partial charge in [0.15, 0.2) is 0 Å². The third-order valence-electron chi connectivity index (χ3n) is 2.92. The molecule has 0 aliphatic rings. The molecule has 0 aromatic rings. The average Bonchev–Trinajstić information content (AvgIpc) is 2.51. The predicted molar refractivity (Wildman–Crippen MR) is 101 cm³/mol. The Hall–Kier alpha value is -1.47. The molecule has 0 atom stereocenters. The molecular weight excluding hydrogens is 272 g/mol. The minimum Gasteiger partial charge on any atom is -0.0988 e. The summed E-state index contributed by atoms with van der Waals surface area (Å²) < 4.78 is 0. The van der Waals surface area contributed by atoms with Crippen LogP contribution < -0.4 is 0 Å². The largest absolute Gasteiger partial charge is 0.0988 e. The Kier molecular flexibility index (Phi) is 10.4. The fourth-order valence-electron chi connectivity index (χ4n) is 1.69. The maximum Gasteiger partial charge on any atom is 0.0217 e. The lowest BCUT2D eigenvalue weighted by Crippen LogP contribution is -1.89. The van der Waals surface area contributed by atoms with E-state index in [0.717, 1.165) is 28.9 Å². The average molecular weight is 301 g/mol. The molecular formula is C20H28S. The summed E-state index contributed by atoms with van der Waals surface area (Å²) in [5.41, 5.74) is 3.32. The van der Waals surface area contributed by atoms with Crippen molar-refractivity contribution >= 4 is 11.8 Å². The first-order valence-corrected chi connectivity index (χ1v) is 8.23. The standard InChI is InChI=1S/C20H28S/c1-8-13-15-18(14-9-2)19(12-5)21-20(16(6)10-3)17(7)11-4/h10-15H,3-4,6,8-9H2,1-2,5,7H3/b15-13-,18-14+,19-12-,20-17+. The molecule has 0 aromatic heterocycles. The molecule has 0 unspecified atom stereocenters. The molecule has 0 bridgehead atoms. The van der Waals surface area contributed by atoms with Crippen molar-refractivity contribution in [1.82, 2.24) is 0 Å². The molecule has 114 valence electrons. The summed E-state index contributed by atoms with van der Waals surface area (Å²) in [4.78, 5) is 2.36. The highest BCUT2D eigenvalue weighted by atomic mass is 32.2. The molecule has 0 saturated heterocycles. The Bertz CT molecular complexity index is 496. The van der Waals surface area contributed by atoms with E-state index in [1.54, 1.807) is 17.8 Å². The van der Waals surface area contributed by atoms with Gasteiger partial charge in [0.05, 0.1) is 0 Å². The van der Waals surface area contributed by atoms with E-state index in [-0.39, 0.29) is 0 Å². The minimum absolute atomic E-state index is 0.937. The molecule has 0 saturated carbocycles. The highest BCUT2D eigenvalue weighted by Gasteiger charge is 2.10. The van der Waals surface area contributed by atoms with Gasteiger partial charge in [0.1, 0.15) is 0 Å². The van der Waals surface area contributed by atoms with Gasteiger partial charge in [-0.05, 0) is 43.4 Å². The smallest absolute Gasteiger partial charge is 0.0217 e. The van der Waals surface area contributed by atoms with Crippen molar-refractivity contribution < 1.29 is 0 Å². The fourth-order valence-corrected chi connectivity index (χ4v) is 2.76. The maximum absolute atomic E-state index is 4.09. The van der Waals surface area contributed by atoms with Crippen LogP contribution in [0.4, 0.5) is 0 Å². The van der Waals surface area contributed by atoms with Crippen LogP contribution in [0.5, 0.6) is 0 Å². The van der Waals surface area contributed by atoms with Gasteiger partial charge in [-0.2, -0.15) is 0 Å². The van der Waals surface area contributed by atoms with E-state index < -0.39 is 0 Å². The monoisotopic (exact) mass is 300 g/mol. The topological polar surface area (TPSA) is 0 Å². The Labute approximate surface area is 135 Å². The summed E-state index contributed by atoms with van der Waals surface area (Å²) in [7, 11) is 0. The third-order valence-corrected chi connectivity index (χ3v) is 4.40. The number of allylic oxidation sites excluding steroid dienone is 9. The zero-order valence-corrected chi connectivity index (χ0v) is 14.7. The van der Waals surface area contributed by atoms with Gasteiger partial charge in [0, 0.05) is 9.81 Å². The molecule has 0 radical (unpaired) electrons. The van der Waals surface area contributed by atoms with Crippen LogP contribution in [0.3, 0.4) is 0 Å². The maximum atomic E-state index is 4.09. The SMILES string of the molecule is C=CC(=C)/C(SC(=C\C)/C(/C=C\CC)=C/CC)=C(/C)C=C. The van der Waals surface area contributed by atoms with Gasteiger partial charge in [-0.25, -0.2) is 0 Å². The summed E-state index contributed by atoms with van der Waals surface area (Å²) in [5, 5.41) is 0. The number of hydrogen-bond donors (Lipinski definition) is 0. The molecule has 0 spiro atoms. The molecule has 0 nitrogen and oxygen atoms in total. The summed E-state index contributed by atoms with van der Waals surface area (Å²) in [6.45, 7) is 20.2. The van der Waals surface area contributed by atoms with Crippen molar-refractivity contribution in [3.8, 4) is 0 Å². The van der Waals surface area contributed by atoms with Crippen LogP contribution in [0.2, 0.25) is 0 Å². The fraction of sp³-hybridized carbons (Fsp3) is 0.300. The van der Waals surface area contributed by atoms with Crippen LogP contribution >= 0.6 is 11.8 Å². The molecule has 0 aromatic carbocycles. The Morgan fingerprint density at radius 2 is 1.76 bits per heavy atom. The van der Waals surface area contributed by atoms with Gasteiger partial charge < -0.3 is 0 Å². The molecule has 0 aliphatic heterocycles. The Morgan fingerprint density at radius 1 is 1.10 bits per heavy atom. The summed E-state index contributed by atoms with van der Waals surface area (Å²) in [5.74, 6) is 0. The number of hydrogen-bond acceptors (Lipinski definition) is 1. The predicted octanol–water partition coefficient (Wildman–Crippen LogP) is 7.13. The van der Waals surface area contributed by atoms with Crippen molar-refractivity contribution in [2.45, 2.75) is 40.5 Å². The van der Waals surface area contributed by atoms with Crippen molar-refractivity contribution in [3.05, 3.63) is 82.7 Å². The quantitative estimate of drug-likeness (QED) is 0.408. The van der Waals surface area contributed by atoms with Gasteiger partial charge in [-0.15, -0.1) is 0 Å². The molecule has 0 fully saturated rings. The van der Waals surface area contributed by atoms with Crippen LogP contribution in [-0.4, -0.2) is 0 Å². The van der Waals surface area contributed by atoms with Gasteiger partial charge in [0.25, 0.3) is 0 Å². The first kappa shape index (κ1) is 19.5. The molecule has 1 heteroatoms. The van der Waals surface area contributed by atoms with E-state index in [1.807, 2.05) is 6.08 Å². The normalized spacial score (nSPS) is 14.1. The minimum atomic E-state index is 0.937. The lowest BCUT2D eigenvalue weighted by Gasteiger charge is -2.14. The Morgan fingerprint density at radius 3 is 2.19 bits per heavy atom. The lowest BCUT2D eigenvalue weighted by atomic mass is 10.1. The van der Waals surface area contributed by atoms with Crippen molar-refractivity contribution in [2.75, 3.05) is 0 Å². The summed E-state index contributed by atoms with van der Waals surface area (Å²) in [6.07, 6.45) is 14.5. The lowest BCUT2D eigenvalue weighted by molar-refractivity contribution is 1.19. The second-order valence-electron chi connectivity index (χ2n) is 4.58. The van der Waals surface area contributed by atoms with Gasteiger partial charge in [-0.1, -0.05) is 81.8 Å². The van der Waals surface area contributed by atoms with Gasteiger partial charge in [0.2, 0.25) is 0 Å². The molecule has 0 heterocycles. The molecule has 0 rings (SSSR count). The number of rotatable bonds is 9. The van der Waals surface area contributed by atoms with Crippen LogP contribution in [0, 0.1) is 0 Å². The molecule has 0 amide bonds. The van der Waals surface area contributed by atoms with E-state index in [9.17, 15) is 0 Å². The van der Waals surface area contributed by atoms with Gasteiger partial charge >= 0.3 is 0 Å². The van der Waals surface area contributed by atoms with Crippen LogP contribution in [-0.2, 0) is 0 Å². The highest BCUT2D eigenvalue weighted by molar-refractivity contribution is 8.07. The van der Waals surface area contributed by atoms with Crippen LogP contribution in [0.25, 0.3) is 0 Å². The second-order valence-corrected chi connectivity index (χ2v) is 5.63. The zero-order chi connectivity index (χ0) is 16.3. The van der Waals surface area contributed by atoms with Gasteiger partial charge in [-0.3, -0.25) is 0 Å². The van der Waals surface area contributed by atoms with E-state index in [1.165, 1.54) is 10.5 Å². The third kappa shape index (κ3) is 6.68. The first-order valence-electron chi connectivity index (χ1n) is 7.41. The van der Waals surface area contributed by atoms with E-state index in [0.29, 0.717) is 0 Å². The molecule has 0 aliphatic carbocycles. The highest BCUT2D eigenvalue weighted by Crippen LogP contribution is 2.37. The van der Waals surface area contributed by atoms with Crippen molar-refractivity contribution in [2.24, 2.45) is 0 Å². The second kappa shape index (κ2) is 11.2. The van der Waals surface area contributed by atoms with E-state index in [2.05, 4.69) is 71.7 Å².